The highest BCUT2D eigenvalue weighted by Gasteiger charge is 2.16. The molecule has 19 heavy (non-hydrogen) atoms. The van der Waals surface area contributed by atoms with E-state index in [4.69, 9.17) is 9.05 Å². The summed E-state index contributed by atoms with van der Waals surface area (Å²) in [7, 11) is 0.191. The minimum absolute atomic E-state index is 0.191. The van der Waals surface area contributed by atoms with E-state index >= 15 is 0 Å². The first kappa shape index (κ1) is 19.4. The number of rotatable bonds is 8. The van der Waals surface area contributed by atoms with Crippen molar-refractivity contribution in [2.75, 3.05) is 13.2 Å². The first-order chi connectivity index (χ1) is 8.49. The molecule has 0 saturated heterocycles. The van der Waals surface area contributed by atoms with Gasteiger partial charge >= 0.3 is 0 Å². The molecular weight excluding hydrogens is 255 g/mol. The average Bonchev–Trinajstić information content (AvgIpc) is 2.10. The van der Waals surface area contributed by atoms with E-state index in [1.165, 1.54) is 12.8 Å². The first-order valence-corrected chi connectivity index (χ1v) is 8.30. The fourth-order valence-corrected chi connectivity index (χ4v) is 3.39. The fourth-order valence-electron chi connectivity index (χ4n) is 2.60. The van der Waals surface area contributed by atoms with Crippen LogP contribution in [0, 0.1) is 22.7 Å². The summed E-state index contributed by atoms with van der Waals surface area (Å²) in [5.41, 5.74) is 0.766. The average molecular weight is 290 g/mol. The topological polar surface area (TPSA) is 18.5 Å². The van der Waals surface area contributed by atoms with Crippen LogP contribution in [0.1, 0.15) is 68.2 Å². The SMILES string of the molecule is CC(COPOCC(C)CC(C)(C)C)CC(C)(C)C. The maximum atomic E-state index is 5.63. The first-order valence-electron chi connectivity index (χ1n) is 7.48. The van der Waals surface area contributed by atoms with Crippen LogP contribution in [0.3, 0.4) is 0 Å². The lowest BCUT2D eigenvalue weighted by Crippen LogP contribution is -2.15. The maximum Gasteiger partial charge on any atom is 0.155 e. The van der Waals surface area contributed by atoms with Crippen LogP contribution in [-0.4, -0.2) is 13.2 Å². The lowest BCUT2D eigenvalue weighted by atomic mass is 9.86. The van der Waals surface area contributed by atoms with Crippen molar-refractivity contribution in [1.29, 1.82) is 0 Å². The molecule has 3 heteroatoms. The molecule has 2 unspecified atom stereocenters. The molecule has 0 aliphatic heterocycles. The van der Waals surface area contributed by atoms with Crippen LogP contribution in [0.15, 0.2) is 0 Å². The summed E-state index contributed by atoms with van der Waals surface area (Å²) in [5.74, 6) is 1.20. The molecule has 2 atom stereocenters. The van der Waals surface area contributed by atoms with Crippen molar-refractivity contribution < 1.29 is 9.05 Å². The van der Waals surface area contributed by atoms with E-state index in [1.54, 1.807) is 0 Å². The van der Waals surface area contributed by atoms with Gasteiger partial charge < -0.3 is 9.05 Å². The van der Waals surface area contributed by atoms with Gasteiger partial charge in [0.15, 0.2) is 9.03 Å². The van der Waals surface area contributed by atoms with E-state index in [-0.39, 0.29) is 9.03 Å². The minimum atomic E-state index is 0.191. The van der Waals surface area contributed by atoms with E-state index in [0.29, 0.717) is 22.7 Å². The molecule has 0 rings (SSSR count). The van der Waals surface area contributed by atoms with Crippen molar-refractivity contribution in [2.45, 2.75) is 68.2 Å². The second kappa shape index (κ2) is 8.60. The summed E-state index contributed by atoms with van der Waals surface area (Å²) in [6, 6.07) is 0. The standard InChI is InChI=1S/C16H35O2P/c1-13(9-15(3,4)5)11-17-19-18-12-14(2)10-16(6,7)8/h13-14,19H,9-12H2,1-8H3. The summed E-state index contributed by atoms with van der Waals surface area (Å²) < 4.78 is 11.3. The molecule has 0 heterocycles. The summed E-state index contributed by atoms with van der Waals surface area (Å²) >= 11 is 0. The van der Waals surface area contributed by atoms with Crippen LogP contribution in [0.5, 0.6) is 0 Å². The van der Waals surface area contributed by atoms with Crippen LogP contribution < -0.4 is 0 Å². The van der Waals surface area contributed by atoms with E-state index in [1.807, 2.05) is 0 Å². The van der Waals surface area contributed by atoms with Crippen molar-refractivity contribution in [3.05, 3.63) is 0 Å². The minimum Gasteiger partial charge on any atom is -0.336 e. The predicted octanol–water partition coefficient (Wildman–Crippen LogP) is 5.67. The quantitative estimate of drug-likeness (QED) is 0.423. The monoisotopic (exact) mass is 290 g/mol. The molecule has 0 aromatic rings. The van der Waals surface area contributed by atoms with Gasteiger partial charge in [0.1, 0.15) is 0 Å². The van der Waals surface area contributed by atoms with Gasteiger partial charge in [-0.25, -0.2) is 0 Å². The second-order valence-electron chi connectivity index (χ2n) is 8.45. The molecule has 0 aromatic carbocycles. The Labute approximate surface area is 123 Å². The highest BCUT2D eigenvalue weighted by Crippen LogP contribution is 2.28. The third-order valence-electron chi connectivity index (χ3n) is 2.78. The zero-order valence-electron chi connectivity index (χ0n) is 14.3. The normalized spacial score (nSPS) is 17.1. The van der Waals surface area contributed by atoms with E-state index < -0.39 is 0 Å². The smallest absolute Gasteiger partial charge is 0.155 e. The summed E-state index contributed by atoms with van der Waals surface area (Å²) in [6.45, 7) is 19.8. The highest BCUT2D eigenvalue weighted by molar-refractivity contribution is 7.26. The molecule has 0 aliphatic rings. The molecule has 0 bridgehead atoms. The van der Waals surface area contributed by atoms with Crippen LogP contribution >= 0.6 is 9.03 Å². The summed E-state index contributed by atoms with van der Waals surface area (Å²) in [4.78, 5) is 0. The summed E-state index contributed by atoms with van der Waals surface area (Å²) in [5, 5.41) is 0. The molecular formula is C16H35O2P. The number of hydrogen-bond donors (Lipinski definition) is 0. The van der Waals surface area contributed by atoms with E-state index in [2.05, 4.69) is 55.4 Å². The molecule has 0 amide bonds. The van der Waals surface area contributed by atoms with Crippen LogP contribution in [-0.2, 0) is 9.05 Å². The lowest BCUT2D eigenvalue weighted by molar-refractivity contribution is 0.176. The molecule has 0 aliphatic carbocycles. The zero-order valence-corrected chi connectivity index (χ0v) is 15.3. The van der Waals surface area contributed by atoms with Gasteiger partial charge in [0.2, 0.25) is 0 Å². The van der Waals surface area contributed by atoms with Gasteiger partial charge in [-0.2, -0.15) is 0 Å². The van der Waals surface area contributed by atoms with Gasteiger partial charge in [-0.1, -0.05) is 55.4 Å². The Hall–Kier alpha value is 0.350. The van der Waals surface area contributed by atoms with Gasteiger partial charge in [0.05, 0.1) is 13.2 Å². The van der Waals surface area contributed by atoms with Crippen LogP contribution in [0.2, 0.25) is 0 Å². The second-order valence-corrected chi connectivity index (χ2v) is 9.19. The summed E-state index contributed by atoms with van der Waals surface area (Å²) in [6.07, 6.45) is 2.38. The highest BCUT2D eigenvalue weighted by atomic mass is 31.1. The van der Waals surface area contributed by atoms with E-state index in [0.717, 1.165) is 13.2 Å². The maximum absolute atomic E-state index is 5.63. The largest absolute Gasteiger partial charge is 0.336 e. The van der Waals surface area contributed by atoms with E-state index in [9.17, 15) is 0 Å². The molecule has 2 nitrogen and oxygen atoms in total. The molecule has 0 saturated carbocycles. The lowest BCUT2D eigenvalue weighted by Gasteiger charge is -2.24. The molecule has 0 spiro atoms. The molecule has 0 fully saturated rings. The molecule has 0 N–H and O–H groups in total. The zero-order chi connectivity index (χ0) is 15.1. The molecule has 116 valence electrons. The third kappa shape index (κ3) is 14.6. The molecule has 0 radical (unpaired) electrons. The Bertz CT molecular complexity index is 204. The third-order valence-corrected chi connectivity index (χ3v) is 3.34. The fraction of sp³-hybridized carbons (Fsp3) is 1.00. The Morgan fingerprint density at radius 1 is 0.737 bits per heavy atom. The number of hydrogen-bond acceptors (Lipinski definition) is 2. The Morgan fingerprint density at radius 3 is 1.32 bits per heavy atom. The Balaban J connectivity index is 3.55. The van der Waals surface area contributed by atoms with Crippen molar-refractivity contribution in [3.63, 3.8) is 0 Å². The van der Waals surface area contributed by atoms with Crippen molar-refractivity contribution >= 4 is 9.03 Å². The van der Waals surface area contributed by atoms with Gasteiger partial charge in [0.25, 0.3) is 0 Å². The van der Waals surface area contributed by atoms with Gasteiger partial charge in [-0.3, -0.25) is 0 Å². The van der Waals surface area contributed by atoms with Gasteiger partial charge in [-0.15, -0.1) is 0 Å². The van der Waals surface area contributed by atoms with Crippen molar-refractivity contribution in [3.8, 4) is 0 Å². The van der Waals surface area contributed by atoms with Gasteiger partial charge in [0, 0.05) is 0 Å². The Kier molecular flexibility index (Phi) is 8.75. The molecule has 0 aromatic heterocycles. The van der Waals surface area contributed by atoms with Crippen molar-refractivity contribution in [2.24, 2.45) is 22.7 Å². The van der Waals surface area contributed by atoms with Gasteiger partial charge in [-0.05, 0) is 35.5 Å². The van der Waals surface area contributed by atoms with Crippen LogP contribution in [0.4, 0.5) is 0 Å². The van der Waals surface area contributed by atoms with Crippen LogP contribution in [0.25, 0.3) is 0 Å². The Morgan fingerprint density at radius 2 is 1.05 bits per heavy atom. The predicted molar refractivity (Wildman–Crippen MR) is 86.7 cm³/mol. The van der Waals surface area contributed by atoms with Crippen molar-refractivity contribution in [1.82, 2.24) is 0 Å².